The van der Waals surface area contributed by atoms with E-state index in [1.54, 1.807) is 18.2 Å². The molecule has 1 aliphatic carbocycles. The molecule has 5 nitrogen and oxygen atoms in total. The Bertz CT molecular complexity index is 642. The number of phenolic OH excluding ortho intramolecular Hbond substituents is 1. The molecule has 0 unspecified atom stereocenters. The summed E-state index contributed by atoms with van der Waals surface area (Å²) >= 11 is 0. The minimum atomic E-state index is -0.648. The van der Waals surface area contributed by atoms with Gasteiger partial charge in [-0.1, -0.05) is 12.8 Å². The fourth-order valence-electron chi connectivity index (χ4n) is 3.01. The molecular weight excluding hydrogens is 256 g/mol. The van der Waals surface area contributed by atoms with Gasteiger partial charge in [-0.2, -0.15) is 0 Å². The fraction of sp³-hybridized carbons (Fsp3) is 0.467. The molecule has 0 bridgehead atoms. The number of hydrogen-bond acceptors (Lipinski definition) is 4. The van der Waals surface area contributed by atoms with Gasteiger partial charge in [-0.05, 0) is 31.9 Å². The molecule has 0 saturated heterocycles. The van der Waals surface area contributed by atoms with Crippen LogP contribution < -0.4 is 0 Å². The quantitative estimate of drug-likeness (QED) is 0.844. The number of ether oxygens (including phenoxy) is 1. The van der Waals surface area contributed by atoms with Crippen molar-refractivity contribution in [1.82, 2.24) is 9.97 Å². The number of nitrogens with one attached hydrogen (secondary N) is 1. The molecule has 1 aromatic heterocycles. The number of hydrogen-bond donors (Lipinski definition) is 2. The summed E-state index contributed by atoms with van der Waals surface area (Å²) in [5, 5.41) is 9.52. The molecule has 106 valence electrons. The Balaban J connectivity index is 2.07. The van der Waals surface area contributed by atoms with E-state index in [1.807, 2.05) is 6.92 Å². The molecule has 0 radical (unpaired) electrons. The monoisotopic (exact) mass is 274 g/mol. The molecule has 0 amide bonds. The third-order valence-corrected chi connectivity index (χ3v) is 4.04. The Labute approximate surface area is 117 Å². The van der Waals surface area contributed by atoms with E-state index in [2.05, 4.69) is 9.97 Å². The lowest BCUT2D eigenvalue weighted by Gasteiger charge is -2.23. The summed E-state index contributed by atoms with van der Waals surface area (Å²) in [7, 11) is 0. The molecule has 1 saturated carbocycles. The van der Waals surface area contributed by atoms with Crippen molar-refractivity contribution in [3.05, 3.63) is 24.0 Å². The van der Waals surface area contributed by atoms with Gasteiger partial charge in [0.25, 0.3) is 0 Å². The third-order valence-electron chi connectivity index (χ3n) is 4.04. The number of rotatable bonds is 3. The average molecular weight is 274 g/mol. The van der Waals surface area contributed by atoms with E-state index in [0.29, 0.717) is 12.4 Å². The maximum absolute atomic E-state index is 12.4. The molecule has 1 fully saturated rings. The van der Waals surface area contributed by atoms with Crippen molar-refractivity contribution in [2.75, 3.05) is 6.61 Å². The smallest absolute Gasteiger partial charge is 0.319 e. The van der Waals surface area contributed by atoms with Crippen molar-refractivity contribution in [3.8, 4) is 5.75 Å². The molecule has 1 aromatic carbocycles. The van der Waals surface area contributed by atoms with Gasteiger partial charge in [-0.3, -0.25) is 4.79 Å². The highest BCUT2D eigenvalue weighted by molar-refractivity contribution is 5.85. The maximum Gasteiger partial charge on any atom is 0.319 e. The first-order chi connectivity index (χ1) is 9.65. The van der Waals surface area contributed by atoms with Gasteiger partial charge in [0.05, 0.1) is 17.6 Å². The lowest BCUT2D eigenvalue weighted by atomic mass is 9.85. The normalized spacial score (nSPS) is 17.4. The summed E-state index contributed by atoms with van der Waals surface area (Å²) in [6, 6.07) is 4.97. The lowest BCUT2D eigenvalue weighted by molar-refractivity contribution is -0.150. The molecule has 0 atom stereocenters. The van der Waals surface area contributed by atoms with Crippen LogP contribution in [0.3, 0.4) is 0 Å². The van der Waals surface area contributed by atoms with E-state index in [0.717, 1.165) is 36.7 Å². The first kappa shape index (κ1) is 13.0. The van der Waals surface area contributed by atoms with Crippen LogP contribution in [0.4, 0.5) is 0 Å². The van der Waals surface area contributed by atoms with Crippen LogP contribution in [-0.2, 0) is 14.9 Å². The number of aromatic nitrogens is 2. The zero-order valence-electron chi connectivity index (χ0n) is 11.5. The van der Waals surface area contributed by atoms with Gasteiger partial charge in [-0.15, -0.1) is 0 Å². The standard InChI is InChI=1S/C15H18N2O3/c1-2-20-14(19)15(7-3-4-8-15)13-16-11-6-5-10(18)9-12(11)17-13/h5-6,9,18H,2-4,7-8H2,1H3,(H,16,17). The Morgan fingerprint density at radius 2 is 2.20 bits per heavy atom. The largest absolute Gasteiger partial charge is 0.508 e. The Kier molecular flexibility index (Phi) is 3.12. The second kappa shape index (κ2) is 4.81. The predicted octanol–water partition coefficient (Wildman–Crippen LogP) is 2.64. The summed E-state index contributed by atoms with van der Waals surface area (Å²) in [4.78, 5) is 20.1. The van der Waals surface area contributed by atoms with Crippen molar-refractivity contribution in [1.29, 1.82) is 0 Å². The molecule has 1 aliphatic rings. The zero-order chi connectivity index (χ0) is 14.2. The molecule has 5 heteroatoms. The highest BCUT2D eigenvalue weighted by atomic mass is 16.5. The number of aromatic amines is 1. The number of esters is 1. The predicted molar refractivity (Wildman–Crippen MR) is 74.5 cm³/mol. The van der Waals surface area contributed by atoms with Crippen LogP contribution in [0, 0.1) is 0 Å². The minimum absolute atomic E-state index is 0.185. The van der Waals surface area contributed by atoms with Gasteiger partial charge < -0.3 is 14.8 Å². The minimum Gasteiger partial charge on any atom is -0.508 e. The molecule has 20 heavy (non-hydrogen) atoms. The number of phenols is 1. The lowest BCUT2D eigenvalue weighted by Crippen LogP contribution is -2.35. The molecule has 3 rings (SSSR count). The molecule has 0 aliphatic heterocycles. The number of imidazole rings is 1. The first-order valence-corrected chi connectivity index (χ1v) is 7.02. The number of nitrogens with zero attached hydrogens (tertiary/aromatic N) is 1. The van der Waals surface area contributed by atoms with Crippen LogP contribution in [0.25, 0.3) is 11.0 Å². The van der Waals surface area contributed by atoms with Gasteiger partial charge in [0, 0.05) is 6.07 Å². The molecule has 2 aromatic rings. The Morgan fingerprint density at radius 1 is 1.45 bits per heavy atom. The van der Waals surface area contributed by atoms with E-state index in [-0.39, 0.29) is 11.7 Å². The maximum atomic E-state index is 12.4. The van der Waals surface area contributed by atoms with E-state index < -0.39 is 5.41 Å². The van der Waals surface area contributed by atoms with Crippen molar-refractivity contribution < 1.29 is 14.6 Å². The van der Waals surface area contributed by atoms with Gasteiger partial charge in [0.1, 0.15) is 17.0 Å². The van der Waals surface area contributed by atoms with Crippen LogP contribution in [-0.4, -0.2) is 27.7 Å². The number of carbonyl (C=O) groups is 1. The van der Waals surface area contributed by atoms with Crippen LogP contribution in [0.1, 0.15) is 38.4 Å². The summed E-state index contributed by atoms with van der Waals surface area (Å²) in [6.45, 7) is 2.19. The van der Waals surface area contributed by atoms with E-state index in [9.17, 15) is 9.90 Å². The van der Waals surface area contributed by atoms with Crippen LogP contribution in [0.15, 0.2) is 18.2 Å². The Hall–Kier alpha value is -2.04. The van der Waals surface area contributed by atoms with Gasteiger partial charge in [-0.25, -0.2) is 4.98 Å². The molecule has 0 spiro atoms. The van der Waals surface area contributed by atoms with Gasteiger partial charge in [0.15, 0.2) is 0 Å². The summed E-state index contributed by atoms with van der Waals surface area (Å²) in [5.41, 5.74) is 0.855. The van der Waals surface area contributed by atoms with Crippen molar-refractivity contribution in [2.24, 2.45) is 0 Å². The number of fused-ring (bicyclic) bond motifs is 1. The van der Waals surface area contributed by atoms with Crippen molar-refractivity contribution >= 4 is 17.0 Å². The number of benzene rings is 1. The van der Waals surface area contributed by atoms with Crippen LogP contribution in [0.5, 0.6) is 5.75 Å². The van der Waals surface area contributed by atoms with Crippen LogP contribution >= 0.6 is 0 Å². The molecule has 2 N–H and O–H groups in total. The van der Waals surface area contributed by atoms with Crippen molar-refractivity contribution in [2.45, 2.75) is 38.0 Å². The number of aromatic hydroxyl groups is 1. The van der Waals surface area contributed by atoms with Crippen LogP contribution in [0.2, 0.25) is 0 Å². The average Bonchev–Trinajstić information content (AvgIpc) is 3.05. The zero-order valence-corrected chi connectivity index (χ0v) is 11.5. The SMILES string of the molecule is CCOC(=O)C1(c2nc3ccc(O)cc3[nH]2)CCCC1. The second-order valence-electron chi connectivity index (χ2n) is 5.30. The summed E-state index contributed by atoms with van der Waals surface area (Å²) in [5.74, 6) is 0.652. The molecular formula is C15H18N2O3. The topological polar surface area (TPSA) is 75.2 Å². The molecule has 1 heterocycles. The first-order valence-electron chi connectivity index (χ1n) is 7.02. The number of H-pyrrole nitrogens is 1. The highest BCUT2D eigenvalue weighted by Gasteiger charge is 2.46. The van der Waals surface area contributed by atoms with Gasteiger partial charge >= 0.3 is 5.97 Å². The van der Waals surface area contributed by atoms with E-state index in [1.165, 1.54) is 0 Å². The van der Waals surface area contributed by atoms with E-state index >= 15 is 0 Å². The Morgan fingerprint density at radius 3 is 2.90 bits per heavy atom. The summed E-state index contributed by atoms with van der Waals surface area (Å²) in [6.07, 6.45) is 3.53. The van der Waals surface area contributed by atoms with Gasteiger partial charge in [0.2, 0.25) is 0 Å². The fourth-order valence-corrected chi connectivity index (χ4v) is 3.01. The second-order valence-corrected chi connectivity index (χ2v) is 5.30. The van der Waals surface area contributed by atoms with Crippen molar-refractivity contribution in [3.63, 3.8) is 0 Å². The van der Waals surface area contributed by atoms with E-state index in [4.69, 9.17) is 4.74 Å². The highest BCUT2D eigenvalue weighted by Crippen LogP contribution is 2.41. The third kappa shape index (κ3) is 1.94. The summed E-state index contributed by atoms with van der Waals surface area (Å²) < 4.78 is 5.25. The number of carbonyl (C=O) groups excluding carboxylic acids is 1.